The molecular formula is C16H26N2S. The van der Waals surface area contributed by atoms with Gasteiger partial charge < -0.3 is 11.1 Å². The fourth-order valence-corrected chi connectivity index (χ4v) is 2.37. The largest absolute Gasteiger partial charge is 0.389 e. The van der Waals surface area contributed by atoms with Gasteiger partial charge in [-0.05, 0) is 32.4 Å². The van der Waals surface area contributed by atoms with E-state index >= 15 is 0 Å². The number of nitrogens with two attached hydrogens (primary N) is 1. The van der Waals surface area contributed by atoms with E-state index in [1.165, 1.54) is 37.7 Å². The zero-order valence-electron chi connectivity index (χ0n) is 12.3. The SMILES string of the molecule is CCCCCCC(C)Nc1ccc(C)cc1C(N)=S. The molecule has 19 heavy (non-hydrogen) atoms. The molecule has 3 N–H and O–H groups in total. The number of nitrogens with one attached hydrogen (secondary N) is 1. The van der Waals surface area contributed by atoms with Crippen molar-refractivity contribution in [3.8, 4) is 0 Å². The fourth-order valence-electron chi connectivity index (χ4n) is 2.20. The second kappa shape index (κ2) is 8.16. The molecule has 2 nitrogen and oxygen atoms in total. The molecule has 0 spiro atoms. The first-order valence-electron chi connectivity index (χ1n) is 7.21. The minimum absolute atomic E-state index is 0.452. The van der Waals surface area contributed by atoms with Gasteiger partial charge in [-0.15, -0.1) is 0 Å². The minimum Gasteiger partial charge on any atom is -0.389 e. The summed E-state index contributed by atoms with van der Waals surface area (Å²) in [6.45, 7) is 6.51. The van der Waals surface area contributed by atoms with E-state index in [0.717, 1.165) is 11.3 Å². The number of rotatable bonds is 8. The second-order valence-electron chi connectivity index (χ2n) is 5.31. The molecule has 1 aromatic carbocycles. The van der Waals surface area contributed by atoms with E-state index in [4.69, 9.17) is 18.0 Å². The summed E-state index contributed by atoms with van der Waals surface area (Å²) in [5, 5.41) is 3.53. The lowest BCUT2D eigenvalue weighted by atomic mass is 10.1. The molecule has 1 unspecified atom stereocenters. The molecule has 0 bridgehead atoms. The highest BCUT2D eigenvalue weighted by atomic mass is 32.1. The Kier molecular flexibility index (Phi) is 6.85. The van der Waals surface area contributed by atoms with E-state index in [0.29, 0.717) is 11.0 Å². The summed E-state index contributed by atoms with van der Waals surface area (Å²) in [6.07, 6.45) is 6.39. The molecule has 1 atom stereocenters. The van der Waals surface area contributed by atoms with Crippen molar-refractivity contribution in [3.63, 3.8) is 0 Å². The zero-order valence-corrected chi connectivity index (χ0v) is 13.1. The Morgan fingerprint density at radius 3 is 2.68 bits per heavy atom. The summed E-state index contributed by atoms with van der Waals surface area (Å²) in [7, 11) is 0. The van der Waals surface area contributed by atoms with Crippen LogP contribution in [0.2, 0.25) is 0 Å². The van der Waals surface area contributed by atoms with Gasteiger partial charge in [0, 0.05) is 17.3 Å². The quantitative estimate of drug-likeness (QED) is 0.547. The summed E-state index contributed by atoms with van der Waals surface area (Å²) in [5.41, 5.74) is 8.99. The van der Waals surface area contributed by atoms with Gasteiger partial charge in [0.25, 0.3) is 0 Å². The normalized spacial score (nSPS) is 12.2. The third-order valence-corrected chi connectivity index (χ3v) is 3.55. The number of aryl methyl sites for hydroxylation is 1. The van der Waals surface area contributed by atoms with Crippen molar-refractivity contribution in [3.05, 3.63) is 29.3 Å². The van der Waals surface area contributed by atoms with Crippen molar-refractivity contribution < 1.29 is 0 Å². The van der Waals surface area contributed by atoms with Crippen LogP contribution in [-0.2, 0) is 0 Å². The van der Waals surface area contributed by atoms with Gasteiger partial charge in [0.2, 0.25) is 0 Å². The maximum atomic E-state index is 5.79. The number of unbranched alkanes of at least 4 members (excludes halogenated alkanes) is 3. The molecule has 3 heteroatoms. The predicted molar refractivity (Wildman–Crippen MR) is 88.9 cm³/mol. The average Bonchev–Trinajstić information content (AvgIpc) is 2.36. The van der Waals surface area contributed by atoms with Crippen LogP contribution in [-0.4, -0.2) is 11.0 Å². The van der Waals surface area contributed by atoms with E-state index < -0.39 is 0 Å². The van der Waals surface area contributed by atoms with Crippen molar-refractivity contribution in [2.24, 2.45) is 5.73 Å². The van der Waals surface area contributed by atoms with Crippen LogP contribution in [0.15, 0.2) is 18.2 Å². The zero-order chi connectivity index (χ0) is 14.3. The molecule has 1 aromatic rings. The standard InChI is InChI=1S/C16H26N2S/c1-4-5-6-7-8-13(3)18-15-10-9-12(2)11-14(15)16(17)19/h9-11,13,18H,4-8H2,1-3H3,(H2,17,19). The average molecular weight is 278 g/mol. The number of hydrogen-bond donors (Lipinski definition) is 2. The van der Waals surface area contributed by atoms with E-state index in [9.17, 15) is 0 Å². The lowest BCUT2D eigenvalue weighted by Gasteiger charge is -2.18. The molecule has 0 aromatic heterocycles. The third-order valence-electron chi connectivity index (χ3n) is 3.33. The van der Waals surface area contributed by atoms with Gasteiger partial charge in [0.15, 0.2) is 0 Å². The summed E-state index contributed by atoms with van der Waals surface area (Å²) < 4.78 is 0. The Morgan fingerprint density at radius 1 is 1.32 bits per heavy atom. The van der Waals surface area contributed by atoms with Crippen LogP contribution in [0.3, 0.4) is 0 Å². The van der Waals surface area contributed by atoms with Crippen LogP contribution in [0, 0.1) is 6.92 Å². The Balaban J connectivity index is 2.58. The molecule has 0 amide bonds. The minimum atomic E-state index is 0.452. The van der Waals surface area contributed by atoms with Crippen LogP contribution in [0.4, 0.5) is 5.69 Å². The molecule has 0 aliphatic carbocycles. The smallest absolute Gasteiger partial charge is 0.106 e. The van der Waals surface area contributed by atoms with Gasteiger partial charge in [-0.25, -0.2) is 0 Å². The monoisotopic (exact) mass is 278 g/mol. The topological polar surface area (TPSA) is 38.0 Å². The second-order valence-corrected chi connectivity index (χ2v) is 5.75. The summed E-state index contributed by atoms with van der Waals surface area (Å²) in [5.74, 6) is 0. The van der Waals surface area contributed by atoms with Crippen LogP contribution < -0.4 is 11.1 Å². The van der Waals surface area contributed by atoms with E-state index in [1.807, 2.05) is 0 Å². The first-order valence-corrected chi connectivity index (χ1v) is 7.62. The Bertz CT molecular complexity index is 415. The Hall–Kier alpha value is -1.09. The predicted octanol–water partition coefficient (Wildman–Crippen LogP) is 4.40. The lowest BCUT2D eigenvalue weighted by molar-refractivity contribution is 0.594. The molecule has 106 valence electrons. The molecule has 0 saturated heterocycles. The maximum Gasteiger partial charge on any atom is 0.106 e. The first kappa shape index (κ1) is 16.0. The highest BCUT2D eigenvalue weighted by Gasteiger charge is 2.08. The number of thiocarbonyl (C=S) groups is 1. The van der Waals surface area contributed by atoms with Gasteiger partial charge in [-0.1, -0.05) is 56.5 Å². The van der Waals surface area contributed by atoms with Crippen LogP contribution in [0.25, 0.3) is 0 Å². The summed E-state index contributed by atoms with van der Waals surface area (Å²) in [4.78, 5) is 0.462. The molecular weight excluding hydrogens is 252 g/mol. The third kappa shape index (κ3) is 5.60. The van der Waals surface area contributed by atoms with Crippen molar-refractivity contribution in [2.45, 2.75) is 58.9 Å². The maximum absolute atomic E-state index is 5.79. The van der Waals surface area contributed by atoms with Gasteiger partial charge in [0.05, 0.1) is 0 Å². The highest BCUT2D eigenvalue weighted by Crippen LogP contribution is 2.19. The molecule has 0 heterocycles. The first-order chi connectivity index (χ1) is 9.04. The van der Waals surface area contributed by atoms with Crippen molar-refractivity contribution >= 4 is 22.9 Å². The molecule has 0 aliphatic rings. The highest BCUT2D eigenvalue weighted by molar-refractivity contribution is 7.80. The van der Waals surface area contributed by atoms with Crippen molar-refractivity contribution in [1.29, 1.82) is 0 Å². The van der Waals surface area contributed by atoms with Gasteiger partial charge in [0.1, 0.15) is 4.99 Å². The van der Waals surface area contributed by atoms with E-state index in [2.05, 4.69) is 44.3 Å². The number of anilines is 1. The van der Waals surface area contributed by atoms with Crippen LogP contribution in [0.1, 0.15) is 57.1 Å². The van der Waals surface area contributed by atoms with Crippen molar-refractivity contribution in [1.82, 2.24) is 0 Å². The fraction of sp³-hybridized carbons (Fsp3) is 0.562. The van der Waals surface area contributed by atoms with Crippen LogP contribution in [0.5, 0.6) is 0 Å². The van der Waals surface area contributed by atoms with Crippen LogP contribution >= 0.6 is 12.2 Å². The lowest BCUT2D eigenvalue weighted by Crippen LogP contribution is -2.19. The molecule has 0 fully saturated rings. The summed E-state index contributed by atoms with van der Waals surface area (Å²) >= 11 is 5.12. The molecule has 0 aliphatic heterocycles. The molecule has 1 rings (SSSR count). The molecule has 0 saturated carbocycles. The van der Waals surface area contributed by atoms with Crippen molar-refractivity contribution in [2.75, 3.05) is 5.32 Å². The molecule has 0 radical (unpaired) electrons. The Morgan fingerprint density at radius 2 is 2.05 bits per heavy atom. The van der Waals surface area contributed by atoms with Gasteiger partial charge >= 0.3 is 0 Å². The number of benzene rings is 1. The van der Waals surface area contributed by atoms with Gasteiger partial charge in [-0.2, -0.15) is 0 Å². The summed E-state index contributed by atoms with van der Waals surface area (Å²) in [6, 6.07) is 6.67. The Labute approximate surface area is 122 Å². The van der Waals surface area contributed by atoms with E-state index in [-0.39, 0.29) is 0 Å². The number of hydrogen-bond acceptors (Lipinski definition) is 2. The van der Waals surface area contributed by atoms with Gasteiger partial charge in [-0.3, -0.25) is 0 Å². The van der Waals surface area contributed by atoms with E-state index in [1.54, 1.807) is 0 Å².